The van der Waals surface area contributed by atoms with Gasteiger partial charge in [0.15, 0.2) is 28.7 Å². The molecule has 1 amide bonds. The number of amides is 1. The van der Waals surface area contributed by atoms with Gasteiger partial charge in [0.05, 0.1) is 26.4 Å². The quantitative estimate of drug-likeness (QED) is 0.482. The van der Waals surface area contributed by atoms with Crippen LogP contribution in [0.25, 0.3) is 22.6 Å². The molecule has 0 aliphatic heterocycles. The highest BCUT2D eigenvalue weighted by Crippen LogP contribution is 2.37. The third-order valence-electron chi connectivity index (χ3n) is 6.21. The van der Waals surface area contributed by atoms with Crippen molar-refractivity contribution in [1.29, 1.82) is 0 Å². The fourth-order valence-corrected chi connectivity index (χ4v) is 4.68. The van der Waals surface area contributed by atoms with Crippen molar-refractivity contribution in [2.75, 3.05) is 20.8 Å². The van der Waals surface area contributed by atoms with Gasteiger partial charge in [0.2, 0.25) is 0 Å². The predicted octanol–water partition coefficient (Wildman–Crippen LogP) is 2.44. The van der Waals surface area contributed by atoms with Crippen molar-refractivity contribution >= 4 is 23.0 Å². The van der Waals surface area contributed by atoms with Gasteiger partial charge in [0.1, 0.15) is 12.1 Å². The van der Waals surface area contributed by atoms with Crippen LogP contribution < -0.4 is 20.9 Å². The molecule has 1 saturated carbocycles. The standard InChI is InChI=1S/C24H29N5O6/c1-4-35-17(30)13-28-19-18(21(25)31)26-22(15-11-8-12-16(33-2)20(15)34-3)27-23(19)29(24(28)32)14-9-6-5-7-10-14/h8,11-12,14H,4-7,9-10,13H2,1-3H3,(H2,25,31). The van der Waals surface area contributed by atoms with Gasteiger partial charge in [-0.1, -0.05) is 25.3 Å². The second kappa shape index (κ2) is 10.2. The average molecular weight is 484 g/mol. The number of carbonyl (C=O) groups excluding carboxylic acids is 2. The van der Waals surface area contributed by atoms with E-state index in [9.17, 15) is 14.4 Å². The van der Waals surface area contributed by atoms with Crippen molar-refractivity contribution in [2.45, 2.75) is 51.6 Å². The average Bonchev–Trinajstić information content (AvgIpc) is 3.14. The Morgan fingerprint density at radius 2 is 1.86 bits per heavy atom. The fourth-order valence-electron chi connectivity index (χ4n) is 4.68. The molecular weight excluding hydrogens is 454 g/mol. The summed E-state index contributed by atoms with van der Waals surface area (Å²) in [6.45, 7) is 1.46. The molecular formula is C24H29N5O6. The van der Waals surface area contributed by atoms with Gasteiger partial charge < -0.3 is 19.9 Å². The molecule has 0 atom stereocenters. The summed E-state index contributed by atoms with van der Waals surface area (Å²) in [5.41, 5.74) is 5.94. The number of para-hydroxylation sites is 1. The highest BCUT2D eigenvalue weighted by molar-refractivity contribution is 6.02. The smallest absolute Gasteiger partial charge is 0.331 e. The highest BCUT2D eigenvalue weighted by atomic mass is 16.5. The monoisotopic (exact) mass is 483 g/mol. The fraction of sp³-hybridized carbons (Fsp3) is 0.458. The molecule has 2 aromatic heterocycles. The zero-order valence-corrected chi connectivity index (χ0v) is 20.1. The van der Waals surface area contributed by atoms with E-state index in [0.717, 1.165) is 32.1 Å². The molecule has 0 saturated heterocycles. The topological polar surface area (TPSA) is 141 Å². The molecule has 2 heterocycles. The van der Waals surface area contributed by atoms with E-state index in [0.29, 0.717) is 17.1 Å². The molecule has 11 nitrogen and oxygen atoms in total. The van der Waals surface area contributed by atoms with Gasteiger partial charge >= 0.3 is 11.7 Å². The van der Waals surface area contributed by atoms with E-state index in [1.54, 1.807) is 29.7 Å². The van der Waals surface area contributed by atoms with E-state index >= 15 is 0 Å². The second-order valence-corrected chi connectivity index (χ2v) is 8.31. The van der Waals surface area contributed by atoms with E-state index < -0.39 is 17.6 Å². The van der Waals surface area contributed by atoms with Crippen LogP contribution in [0.3, 0.4) is 0 Å². The number of hydrogen-bond donors (Lipinski definition) is 1. The van der Waals surface area contributed by atoms with Gasteiger partial charge in [0.25, 0.3) is 5.91 Å². The zero-order valence-electron chi connectivity index (χ0n) is 20.1. The number of hydrogen-bond acceptors (Lipinski definition) is 8. The predicted molar refractivity (Wildman–Crippen MR) is 128 cm³/mol. The Morgan fingerprint density at radius 1 is 1.11 bits per heavy atom. The lowest BCUT2D eigenvalue weighted by molar-refractivity contribution is -0.143. The number of nitrogens with two attached hydrogens (primary N) is 1. The molecule has 11 heteroatoms. The van der Waals surface area contributed by atoms with E-state index in [1.807, 2.05) is 0 Å². The van der Waals surface area contributed by atoms with Crippen LogP contribution in [0.15, 0.2) is 23.0 Å². The Labute approximate surface area is 201 Å². The first-order chi connectivity index (χ1) is 16.9. The SMILES string of the molecule is CCOC(=O)Cn1c(=O)n(C2CCCCC2)c2nc(-c3cccc(OC)c3OC)nc(C(N)=O)c21. The highest BCUT2D eigenvalue weighted by Gasteiger charge is 2.29. The number of carbonyl (C=O) groups is 2. The van der Waals surface area contributed by atoms with Crippen LogP contribution in [0.2, 0.25) is 0 Å². The van der Waals surface area contributed by atoms with Gasteiger partial charge in [-0.3, -0.25) is 18.7 Å². The molecule has 0 radical (unpaired) electrons. The summed E-state index contributed by atoms with van der Waals surface area (Å²) in [6.07, 6.45) is 4.58. The maximum Gasteiger partial charge on any atom is 0.331 e. The molecule has 4 rings (SSSR count). The molecule has 3 aromatic rings. The lowest BCUT2D eigenvalue weighted by atomic mass is 9.95. The van der Waals surface area contributed by atoms with Gasteiger partial charge in [-0.15, -0.1) is 0 Å². The third kappa shape index (κ3) is 4.45. The first-order valence-corrected chi connectivity index (χ1v) is 11.6. The Kier molecular flexibility index (Phi) is 7.04. The lowest BCUT2D eigenvalue weighted by Crippen LogP contribution is -2.31. The minimum absolute atomic E-state index is 0.117. The van der Waals surface area contributed by atoms with Crippen molar-refractivity contribution in [3.05, 3.63) is 34.4 Å². The number of nitrogens with zero attached hydrogens (tertiary/aromatic N) is 4. The Hall–Kier alpha value is -3.89. The summed E-state index contributed by atoms with van der Waals surface area (Å²) in [5.74, 6) is -0.466. The van der Waals surface area contributed by atoms with Crippen molar-refractivity contribution in [1.82, 2.24) is 19.1 Å². The minimum atomic E-state index is -0.848. The number of rotatable bonds is 8. The van der Waals surface area contributed by atoms with E-state index in [4.69, 9.17) is 24.9 Å². The van der Waals surface area contributed by atoms with Crippen LogP contribution in [0.5, 0.6) is 11.5 Å². The van der Waals surface area contributed by atoms with Gasteiger partial charge in [-0.2, -0.15) is 0 Å². The van der Waals surface area contributed by atoms with E-state index in [1.165, 1.54) is 18.8 Å². The largest absolute Gasteiger partial charge is 0.493 e. The van der Waals surface area contributed by atoms with Crippen molar-refractivity contribution < 1.29 is 23.8 Å². The van der Waals surface area contributed by atoms with Crippen LogP contribution in [0.1, 0.15) is 55.6 Å². The van der Waals surface area contributed by atoms with Gasteiger partial charge in [-0.05, 0) is 31.9 Å². The molecule has 1 aromatic carbocycles. The molecule has 186 valence electrons. The maximum atomic E-state index is 13.6. The summed E-state index contributed by atoms with van der Waals surface area (Å²) >= 11 is 0. The molecule has 0 bridgehead atoms. The summed E-state index contributed by atoms with van der Waals surface area (Å²) in [6, 6.07) is 5.07. The summed E-state index contributed by atoms with van der Waals surface area (Å²) < 4.78 is 18.7. The van der Waals surface area contributed by atoms with Crippen LogP contribution in [-0.2, 0) is 16.1 Å². The van der Waals surface area contributed by atoms with Crippen LogP contribution in [-0.4, -0.2) is 51.8 Å². The van der Waals surface area contributed by atoms with Gasteiger partial charge in [0, 0.05) is 6.04 Å². The van der Waals surface area contributed by atoms with Crippen molar-refractivity contribution in [3.8, 4) is 22.9 Å². The van der Waals surface area contributed by atoms with E-state index in [2.05, 4.69) is 4.98 Å². The molecule has 1 aliphatic rings. The molecule has 35 heavy (non-hydrogen) atoms. The first kappa shape index (κ1) is 24.2. The zero-order chi connectivity index (χ0) is 25.1. The lowest BCUT2D eigenvalue weighted by Gasteiger charge is -2.22. The summed E-state index contributed by atoms with van der Waals surface area (Å²) in [7, 11) is 3.00. The van der Waals surface area contributed by atoms with E-state index in [-0.39, 0.29) is 41.9 Å². The number of methoxy groups -OCH3 is 2. The molecule has 1 fully saturated rings. The number of primary amides is 1. The number of fused-ring (bicyclic) bond motifs is 1. The number of imidazole rings is 1. The van der Waals surface area contributed by atoms with Crippen molar-refractivity contribution in [3.63, 3.8) is 0 Å². The number of esters is 1. The molecule has 1 aliphatic carbocycles. The Bertz CT molecular complexity index is 1320. The minimum Gasteiger partial charge on any atom is -0.493 e. The van der Waals surface area contributed by atoms with Crippen LogP contribution >= 0.6 is 0 Å². The van der Waals surface area contributed by atoms with Gasteiger partial charge in [-0.25, -0.2) is 14.8 Å². The number of aromatic nitrogens is 4. The maximum absolute atomic E-state index is 13.6. The van der Waals surface area contributed by atoms with Crippen LogP contribution in [0.4, 0.5) is 0 Å². The molecule has 0 unspecified atom stereocenters. The summed E-state index contributed by atoms with van der Waals surface area (Å²) in [4.78, 5) is 47.7. The number of benzene rings is 1. The third-order valence-corrected chi connectivity index (χ3v) is 6.21. The Balaban J connectivity index is 2.04. The summed E-state index contributed by atoms with van der Waals surface area (Å²) in [5, 5.41) is 0. The molecule has 2 N–H and O–H groups in total. The molecule has 0 spiro atoms. The first-order valence-electron chi connectivity index (χ1n) is 11.6. The van der Waals surface area contributed by atoms with Crippen molar-refractivity contribution in [2.24, 2.45) is 5.73 Å². The second-order valence-electron chi connectivity index (χ2n) is 8.31. The van der Waals surface area contributed by atoms with Crippen LogP contribution in [0, 0.1) is 0 Å². The normalized spacial score (nSPS) is 14.1. The number of ether oxygens (including phenoxy) is 3. The Morgan fingerprint density at radius 3 is 2.49 bits per heavy atom.